The van der Waals surface area contributed by atoms with Crippen molar-refractivity contribution in [2.45, 2.75) is 56.4 Å². The fourth-order valence-electron chi connectivity index (χ4n) is 3.98. The first-order valence-electron chi connectivity index (χ1n) is 11.1. The van der Waals surface area contributed by atoms with Crippen LogP contribution in [0.1, 0.15) is 43.2 Å². The maximum Gasteiger partial charge on any atom is 0.314 e. The van der Waals surface area contributed by atoms with Crippen LogP contribution in [0.4, 0.5) is 4.79 Å². The average Bonchev–Trinajstić information content (AvgIpc) is 2.78. The zero-order chi connectivity index (χ0) is 22.1. The number of aryl methyl sites for hydroxylation is 2. The number of urea groups is 1. The number of hydrogen-bond acceptors (Lipinski definition) is 3. The van der Waals surface area contributed by atoms with Crippen molar-refractivity contribution < 1.29 is 13.2 Å². The third-order valence-electron chi connectivity index (χ3n) is 5.73. The normalized spacial score (nSPS) is 17.3. The number of amides is 2. The summed E-state index contributed by atoms with van der Waals surface area (Å²) in [6.07, 6.45) is 5.12. The largest absolute Gasteiger partial charge is 0.338 e. The predicted molar refractivity (Wildman–Crippen MR) is 123 cm³/mol. The molecule has 2 amide bonds. The van der Waals surface area contributed by atoms with Gasteiger partial charge in [-0.15, -0.1) is 0 Å². The number of nitrogens with one attached hydrogen (secondary N) is 2. The lowest BCUT2D eigenvalue weighted by molar-refractivity contribution is 0.229. The van der Waals surface area contributed by atoms with Crippen LogP contribution in [0.3, 0.4) is 0 Å². The zero-order valence-electron chi connectivity index (χ0n) is 18.2. The van der Waals surface area contributed by atoms with Crippen molar-refractivity contribution >= 4 is 16.1 Å². The number of hydrogen-bond donors (Lipinski definition) is 2. The molecule has 6 nitrogen and oxygen atoms in total. The molecule has 0 aliphatic carbocycles. The van der Waals surface area contributed by atoms with Gasteiger partial charge in [-0.25, -0.2) is 13.2 Å². The smallest absolute Gasteiger partial charge is 0.314 e. The maximum atomic E-state index is 13.1. The third-order valence-corrected chi connectivity index (χ3v) is 7.70. The fraction of sp³-hybridized carbons (Fsp3) is 0.458. The highest BCUT2D eigenvalue weighted by Gasteiger charge is 2.33. The second-order valence-corrected chi connectivity index (χ2v) is 10.0. The first kappa shape index (κ1) is 23.3. The first-order valence-corrected chi connectivity index (χ1v) is 12.5. The number of piperidine rings is 1. The average molecular weight is 444 g/mol. The summed E-state index contributed by atoms with van der Waals surface area (Å²) >= 11 is 0. The molecule has 2 N–H and O–H groups in total. The van der Waals surface area contributed by atoms with E-state index in [1.165, 1.54) is 5.56 Å². The summed E-state index contributed by atoms with van der Waals surface area (Å²) in [5.74, 6) is 0. The molecule has 1 atom stereocenters. The number of carbonyl (C=O) groups is 1. The highest BCUT2D eigenvalue weighted by atomic mass is 32.2. The topological polar surface area (TPSA) is 78.5 Å². The van der Waals surface area contributed by atoms with Crippen molar-refractivity contribution in [1.29, 1.82) is 0 Å². The molecule has 0 aromatic heterocycles. The molecule has 1 aliphatic rings. The van der Waals surface area contributed by atoms with E-state index in [4.69, 9.17) is 0 Å². The molecule has 2 aromatic carbocycles. The Morgan fingerprint density at radius 2 is 1.71 bits per heavy atom. The van der Waals surface area contributed by atoms with E-state index in [0.29, 0.717) is 31.0 Å². The molecule has 2 aromatic rings. The van der Waals surface area contributed by atoms with Crippen LogP contribution in [0, 0.1) is 6.92 Å². The van der Waals surface area contributed by atoms with Crippen LogP contribution in [-0.4, -0.2) is 44.4 Å². The minimum Gasteiger partial charge on any atom is -0.338 e. The SMILES string of the molecule is Cc1ccc(S(=O)(=O)N2CCCCC2CCNC(=O)NCCCc2ccccc2)cc1. The first-order chi connectivity index (χ1) is 15.0. The second kappa shape index (κ2) is 11.3. The molecule has 31 heavy (non-hydrogen) atoms. The van der Waals surface area contributed by atoms with Gasteiger partial charge in [-0.3, -0.25) is 0 Å². The monoisotopic (exact) mass is 443 g/mol. The van der Waals surface area contributed by atoms with Gasteiger partial charge in [0.05, 0.1) is 4.90 Å². The van der Waals surface area contributed by atoms with Gasteiger partial charge < -0.3 is 10.6 Å². The Labute approximate surface area is 186 Å². The highest BCUT2D eigenvalue weighted by Crippen LogP contribution is 2.27. The minimum absolute atomic E-state index is 0.0848. The third kappa shape index (κ3) is 6.80. The molecule has 7 heteroatoms. The van der Waals surface area contributed by atoms with Crippen molar-refractivity contribution in [2.75, 3.05) is 19.6 Å². The van der Waals surface area contributed by atoms with Crippen LogP contribution in [0.15, 0.2) is 59.5 Å². The van der Waals surface area contributed by atoms with E-state index in [2.05, 4.69) is 22.8 Å². The Bertz CT molecular complexity index is 930. The summed E-state index contributed by atoms with van der Waals surface area (Å²) in [6, 6.07) is 16.9. The summed E-state index contributed by atoms with van der Waals surface area (Å²) in [4.78, 5) is 12.4. The van der Waals surface area contributed by atoms with Crippen LogP contribution < -0.4 is 10.6 Å². The molecule has 1 heterocycles. The molecule has 0 saturated carbocycles. The van der Waals surface area contributed by atoms with E-state index >= 15 is 0 Å². The van der Waals surface area contributed by atoms with Gasteiger partial charge in [0, 0.05) is 25.7 Å². The van der Waals surface area contributed by atoms with Crippen LogP contribution in [-0.2, 0) is 16.4 Å². The van der Waals surface area contributed by atoms with Gasteiger partial charge in [-0.1, -0.05) is 54.4 Å². The number of benzene rings is 2. The lowest BCUT2D eigenvalue weighted by Crippen LogP contribution is -2.46. The van der Waals surface area contributed by atoms with E-state index in [1.807, 2.05) is 37.3 Å². The van der Waals surface area contributed by atoms with Gasteiger partial charge in [0.15, 0.2) is 0 Å². The lowest BCUT2D eigenvalue weighted by atomic mass is 10.0. The fourth-order valence-corrected chi connectivity index (χ4v) is 5.70. The highest BCUT2D eigenvalue weighted by molar-refractivity contribution is 7.89. The van der Waals surface area contributed by atoms with Crippen LogP contribution >= 0.6 is 0 Å². The molecular formula is C24H33N3O3S. The number of sulfonamides is 1. The van der Waals surface area contributed by atoms with Gasteiger partial charge in [-0.2, -0.15) is 4.31 Å². The van der Waals surface area contributed by atoms with Crippen molar-refractivity contribution in [3.8, 4) is 0 Å². The van der Waals surface area contributed by atoms with Crippen LogP contribution in [0.25, 0.3) is 0 Å². The van der Waals surface area contributed by atoms with E-state index < -0.39 is 10.0 Å². The molecule has 0 radical (unpaired) electrons. The zero-order valence-corrected chi connectivity index (χ0v) is 19.0. The molecule has 3 rings (SSSR count). The van der Waals surface area contributed by atoms with Gasteiger partial charge in [0.2, 0.25) is 10.0 Å². The molecule has 0 spiro atoms. The number of nitrogens with zero attached hydrogens (tertiary/aromatic N) is 1. The summed E-state index contributed by atoms with van der Waals surface area (Å²) < 4.78 is 27.9. The summed E-state index contributed by atoms with van der Waals surface area (Å²) in [6.45, 7) is 3.54. The summed E-state index contributed by atoms with van der Waals surface area (Å²) in [5.41, 5.74) is 2.30. The Morgan fingerprint density at radius 1 is 1.00 bits per heavy atom. The quantitative estimate of drug-likeness (QED) is 0.578. The van der Waals surface area contributed by atoms with Crippen molar-refractivity contribution in [3.05, 3.63) is 65.7 Å². The molecule has 1 unspecified atom stereocenters. The summed E-state index contributed by atoms with van der Waals surface area (Å²) in [5, 5.41) is 5.76. The molecule has 1 aliphatic heterocycles. The second-order valence-electron chi connectivity index (χ2n) is 8.14. The lowest BCUT2D eigenvalue weighted by Gasteiger charge is -2.34. The van der Waals surface area contributed by atoms with Gasteiger partial charge in [0.25, 0.3) is 0 Å². The Kier molecular flexibility index (Phi) is 8.49. The molecule has 0 bridgehead atoms. The van der Waals surface area contributed by atoms with E-state index in [9.17, 15) is 13.2 Å². The van der Waals surface area contributed by atoms with Gasteiger partial charge in [-0.05, 0) is 56.7 Å². The standard InChI is InChI=1S/C24H33N3O3S/c1-20-12-14-23(15-13-20)31(29,30)27-19-6-5-11-22(27)16-18-26-24(28)25-17-7-10-21-8-3-2-4-9-21/h2-4,8-9,12-15,22H,5-7,10-11,16-19H2,1H3,(H2,25,26,28). The van der Waals surface area contributed by atoms with Gasteiger partial charge in [0.1, 0.15) is 0 Å². The van der Waals surface area contributed by atoms with Crippen LogP contribution in [0.2, 0.25) is 0 Å². The van der Waals surface area contributed by atoms with E-state index in [-0.39, 0.29) is 12.1 Å². The number of carbonyl (C=O) groups excluding carboxylic acids is 1. The van der Waals surface area contributed by atoms with Gasteiger partial charge >= 0.3 is 6.03 Å². The Balaban J connectivity index is 1.43. The maximum absolute atomic E-state index is 13.1. The summed E-state index contributed by atoms with van der Waals surface area (Å²) in [7, 11) is -3.52. The molecular weight excluding hydrogens is 410 g/mol. The minimum atomic E-state index is -3.52. The Morgan fingerprint density at radius 3 is 2.45 bits per heavy atom. The van der Waals surface area contributed by atoms with Crippen molar-refractivity contribution in [2.24, 2.45) is 0 Å². The molecule has 1 saturated heterocycles. The molecule has 1 fully saturated rings. The van der Waals surface area contributed by atoms with Crippen molar-refractivity contribution in [1.82, 2.24) is 14.9 Å². The number of rotatable bonds is 9. The van der Waals surface area contributed by atoms with E-state index in [0.717, 1.165) is 37.7 Å². The van der Waals surface area contributed by atoms with Crippen LogP contribution in [0.5, 0.6) is 0 Å². The van der Waals surface area contributed by atoms with E-state index in [1.54, 1.807) is 16.4 Å². The van der Waals surface area contributed by atoms with Crippen molar-refractivity contribution in [3.63, 3.8) is 0 Å². The predicted octanol–water partition coefficient (Wildman–Crippen LogP) is 3.86. The Hall–Kier alpha value is -2.38. The molecule has 168 valence electrons.